The minimum atomic E-state index is 0.330. The predicted molar refractivity (Wildman–Crippen MR) is 85.9 cm³/mol. The lowest BCUT2D eigenvalue weighted by molar-refractivity contribution is 0.212. The van der Waals surface area contributed by atoms with Gasteiger partial charge in [0.25, 0.3) is 0 Å². The van der Waals surface area contributed by atoms with Crippen LogP contribution in [-0.4, -0.2) is 37.7 Å². The molecule has 1 aliphatic heterocycles. The van der Waals surface area contributed by atoms with Crippen molar-refractivity contribution in [2.24, 2.45) is 0 Å². The van der Waals surface area contributed by atoms with Crippen LogP contribution in [0.1, 0.15) is 68.5 Å². The summed E-state index contributed by atoms with van der Waals surface area (Å²) in [6.07, 6.45) is 14.2. The SMILES string of the molecule is c1ncn(CCN2CCCC2c2nc(C3CCCCC3)co2)n1. The third kappa shape index (κ3) is 3.32. The zero-order chi connectivity index (χ0) is 15.5. The van der Waals surface area contributed by atoms with Crippen molar-refractivity contribution < 1.29 is 4.42 Å². The highest BCUT2D eigenvalue weighted by Gasteiger charge is 2.30. The van der Waals surface area contributed by atoms with Gasteiger partial charge in [-0.3, -0.25) is 9.58 Å². The van der Waals surface area contributed by atoms with Gasteiger partial charge in [0.1, 0.15) is 18.9 Å². The van der Waals surface area contributed by atoms with Crippen molar-refractivity contribution in [1.82, 2.24) is 24.6 Å². The van der Waals surface area contributed by atoms with Crippen LogP contribution in [0.5, 0.6) is 0 Å². The molecular weight excluding hydrogens is 290 g/mol. The van der Waals surface area contributed by atoms with E-state index in [-0.39, 0.29) is 0 Å². The summed E-state index contributed by atoms with van der Waals surface area (Å²) in [5, 5.41) is 4.18. The van der Waals surface area contributed by atoms with Crippen LogP contribution in [0.3, 0.4) is 0 Å². The van der Waals surface area contributed by atoms with Crippen molar-refractivity contribution in [2.75, 3.05) is 13.1 Å². The molecule has 2 aromatic rings. The molecule has 1 aliphatic carbocycles. The van der Waals surface area contributed by atoms with Crippen LogP contribution < -0.4 is 0 Å². The Labute approximate surface area is 136 Å². The lowest BCUT2D eigenvalue weighted by Crippen LogP contribution is -2.27. The Morgan fingerprint density at radius 2 is 2.00 bits per heavy atom. The van der Waals surface area contributed by atoms with E-state index in [1.807, 2.05) is 10.9 Å². The summed E-state index contributed by atoms with van der Waals surface area (Å²) in [6.45, 7) is 2.95. The van der Waals surface area contributed by atoms with E-state index < -0.39 is 0 Å². The molecule has 0 aromatic carbocycles. The van der Waals surface area contributed by atoms with Gasteiger partial charge in [-0.05, 0) is 32.2 Å². The number of hydrogen-bond acceptors (Lipinski definition) is 5. The quantitative estimate of drug-likeness (QED) is 0.848. The van der Waals surface area contributed by atoms with E-state index in [0.29, 0.717) is 12.0 Å². The lowest BCUT2D eigenvalue weighted by Gasteiger charge is -2.22. The highest BCUT2D eigenvalue weighted by molar-refractivity contribution is 5.08. The number of oxazole rings is 1. The molecule has 0 amide bonds. The summed E-state index contributed by atoms with van der Waals surface area (Å²) in [5.41, 5.74) is 1.18. The number of nitrogens with zero attached hydrogens (tertiary/aromatic N) is 5. The molecule has 6 nitrogen and oxygen atoms in total. The maximum absolute atomic E-state index is 5.88. The molecule has 1 atom stereocenters. The van der Waals surface area contributed by atoms with E-state index in [9.17, 15) is 0 Å². The van der Waals surface area contributed by atoms with Crippen LogP contribution in [0, 0.1) is 0 Å². The van der Waals surface area contributed by atoms with Gasteiger partial charge >= 0.3 is 0 Å². The molecule has 1 unspecified atom stereocenters. The van der Waals surface area contributed by atoms with Gasteiger partial charge in [-0.1, -0.05) is 19.3 Å². The Bertz CT molecular complexity index is 602. The van der Waals surface area contributed by atoms with Gasteiger partial charge in [0.2, 0.25) is 5.89 Å². The lowest BCUT2D eigenvalue weighted by atomic mass is 9.87. The molecule has 3 heterocycles. The fourth-order valence-electron chi connectivity index (χ4n) is 3.99. The first-order valence-electron chi connectivity index (χ1n) is 8.92. The second-order valence-electron chi connectivity index (χ2n) is 6.80. The molecule has 4 rings (SSSR count). The second-order valence-corrected chi connectivity index (χ2v) is 6.80. The molecule has 2 aliphatic rings. The average molecular weight is 315 g/mol. The Hall–Kier alpha value is -1.69. The number of aromatic nitrogens is 4. The molecule has 124 valence electrons. The fraction of sp³-hybridized carbons (Fsp3) is 0.706. The smallest absolute Gasteiger partial charge is 0.211 e. The van der Waals surface area contributed by atoms with Gasteiger partial charge in [0, 0.05) is 12.5 Å². The Kier molecular flexibility index (Phi) is 4.41. The Morgan fingerprint density at radius 3 is 2.83 bits per heavy atom. The van der Waals surface area contributed by atoms with E-state index in [1.54, 1.807) is 12.7 Å². The van der Waals surface area contributed by atoms with Crippen LogP contribution in [0.2, 0.25) is 0 Å². The third-order valence-electron chi connectivity index (χ3n) is 5.29. The molecule has 6 heteroatoms. The molecule has 0 radical (unpaired) electrons. The van der Waals surface area contributed by atoms with Gasteiger partial charge < -0.3 is 4.42 Å². The summed E-state index contributed by atoms with van der Waals surface area (Å²) in [7, 11) is 0. The van der Waals surface area contributed by atoms with E-state index >= 15 is 0 Å². The summed E-state index contributed by atoms with van der Waals surface area (Å²) < 4.78 is 7.77. The second kappa shape index (κ2) is 6.83. The van der Waals surface area contributed by atoms with E-state index in [0.717, 1.165) is 31.9 Å². The molecule has 2 fully saturated rings. The Balaban J connectivity index is 1.40. The van der Waals surface area contributed by atoms with Gasteiger partial charge in [-0.15, -0.1) is 0 Å². The van der Waals surface area contributed by atoms with Crippen molar-refractivity contribution in [2.45, 2.75) is 63.5 Å². The van der Waals surface area contributed by atoms with E-state index in [2.05, 4.69) is 15.0 Å². The highest BCUT2D eigenvalue weighted by atomic mass is 16.3. The Morgan fingerprint density at radius 1 is 1.09 bits per heavy atom. The van der Waals surface area contributed by atoms with Crippen molar-refractivity contribution >= 4 is 0 Å². The molecule has 0 N–H and O–H groups in total. The van der Waals surface area contributed by atoms with Crippen LogP contribution in [0.15, 0.2) is 23.3 Å². The standard InChI is InChI=1S/C17H25N5O/c1-2-5-14(6-3-1)15-11-23-17(20-15)16-7-4-8-21(16)9-10-22-13-18-12-19-22/h11-14,16H,1-10H2. The van der Waals surface area contributed by atoms with Crippen LogP contribution >= 0.6 is 0 Å². The van der Waals surface area contributed by atoms with E-state index in [1.165, 1.54) is 44.2 Å². The van der Waals surface area contributed by atoms with Crippen LogP contribution in [-0.2, 0) is 6.54 Å². The minimum absolute atomic E-state index is 0.330. The van der Waals surface area contributed by atoms with Crippen molar-refractivity contribution in [1.29, 1.82) is 0 Å². The van der Waals surface area contributed by atoms with Crippen molar-refractivity contribution in [3.05, 3.63) is 30.5 Å². The highest BCUT2D eigenvalue weighted by Crippen LogP contribution is 2.35. The molecule has 23 heavy (non-hydrogen) atoms. The first kappa shape index (κ1) is 14.9. The third-order valence-corrected chi connectivity index (χ3v) is 5.29. The van der Waals surface area contributed by atoms with Gasteiger partial charge in [0.15, 0.2) is 0 Å². The zero-order valence-corrected chi connectivity index (χ0v) is 13.6. The van der Waals surface area contributed by atoms with Crippen molar-refractivity contribution in [3.8, 4) is 0 Å². The largest absolute Gasteiger partial charge is 0.447 e. The first-order valence-corrected chi connectivity index (χ1v) is 8.92. The normalized spacial score (nSPS) is 23.6. The summed E-state index contributed by atoms with van der Waals surface area (Å²) in [6, 6.07) is 0.330. The molecule has 2 aromatic heterocycles. The molecule has 1 saturated heterocycles. The fourth-order valence-corrected chi connectivity index (χ4v) is 3.99. The number of hydrogen-bond donors (Lipinski definition) is 0. The molecular formula is C17H25N5O. The molecule has 0 bridgehead atoms. The summed E-state index contributed by atoms with van der Waals surface area (Å²) in [4.78, 5) is 11.3. The topological polar surface area (TPSA) is 60.0 Å². The monoisotopic (exact) mass is 315 g/mol. The molecule has 1 saturated carbocycles. The zero-order valence-electron chi connectivity index (χ0n) is 13.6. The maximum Gasteiger partial charge on any atom is 0.211 e. The minimum Gasteiger partial charge on any atom is -0.447 e. The number of rotatable bonds is 5. The van der Waals surface area contributed by atoms with Gasteiger partial charge in [-0.25, -0.2) is 9.97 Å². The number of likely N-dealkylation sites (tertiary alicyclic amines) is 1. The average Bonchev–Trinajstić information content (AvgIpc) is 3.33. The summed E-state index contributed by atoms with van der Waals surface area (Å²) in [5.74, 6) is 1.54. The van der Waals surface area contributed by atoms with Gasteiger partial charge in [0.05, 0.1) is 18.3 Å². The molecule has 0 spiro atoms. The summed E-state index contributed by atoms with van der Waals surface area (Å²) >= 11 is 0. The predicted octanol–water partition coefficient (Wildman–Crippen LogP) is 3.15. The maximum atomic E-state index is 5.88. The van der Waals surface area contributed by atoms with Crippen molar-refractivity contribution in [3.63, 3.8) is 0 Å². The first-order chi connectivity index (χ1) is 11.4. The van der Waals surface area contributed by atoms with Gasteiger partial charge in [-0.2, -0.15) is 5.10 Å². The van der Waals surface area contributed by atoms with E-state index in [4.69, 9.17) is 9.40 Å². The van der Waals surface area contributed by atoms with Crippen LogP contribution in [0.4, 0.5) is 0 Å². The van der Waals surface area contributed by atoms with Crippen LogP contribution in [0.25, 0.3) is 0 Å².